The fourth-order valence-corrected chi connectivity index (χ4v) is 1.75. The Labute approximate surface area is 81.2 Å². The molecule has 3 nitrogen and oxygen atoms in total. The van der Waals surface area contributed by atoms with Gasteiger partial charge in [0, 0.05) is 11.8 Å². The van der Waals surface area contributed by atoms with E-state index in [-0.39, 0.29) is 5.41 Å². The van der Waals surface area contributed by atoms with E-state index >= 15 is 0 Å². The van der Waals surface area contributed by atoms with Crippen molar-refractivity contribution in [2.24, 2.45) is 0 Å². The zero-order chi connectivity index (χ0) is 10.1. The molecule has 0 aromatic carbocycles. The second-order valence-electron chi connectivity index (χ2n) is 4.52. The van der Waals surface area contributed by atoms with E-state index < -0.39 is 9.04 Å². The van der Waals surface area contributed by atoms with Crippen LogP contribution in [0.3, 0.4) is 0 Å². The second-order valence-corrected chi connectivity index (χ2v) is 6.85. The van der Waals surface area contributed by atoms with Crippen molar-refractivity contribution < 1.29 is 4.43 Å². The first-order valence-corrected chi connectivity index (χ1v) is 7.40. The summed E-state index contributed by atoms with van der Waals surface area (Å²) in [4.78, 5) is 0. The van der Waals surface area contributed by atoms with Crippen molar-refractivity contribution in [3.8, 4) is 5.88 Å². The average Bonchev–Trinajstić information content (AvgIpc) is 2.31. The summed E-state index contributed by atoms with van der Waals surface area (Å²) in [6.07, 6.45) is 1.92. The van der Waals surface area contributed by atoms with E-state index in [0.717, 1.165) is 11.4 Å². The highest BCUT2D eigenvalue weighted by Crippen LogP contribution is 2.29. The van der Waals surface area contributed by atoms with Gasteiger partial charge in [-0.05, 0) is 18.5 Å². The molecule has 0 aliphatic heterocycles. The zero-order valence-corrected chi connectivity index (χ0v) is 10.2. The van der Waals surface area contributed by atoms with Crippen LogP contribution in [-0.2, 0) is 5.41 Å². The van der Waals surface area contributed by atoms with Gasteiger partial charge in [0.1, 0.15) is 0 Å². The van der Waals surface area contributed by atoms with E-state index in [4.69, 9.17) is 4.43 Å². The molecule has 4 heteroatoms. The van der Waals surface area contributed by atoms with Gasteiger partial charge in [-0.3, -0.25) is 5.10 Å². The molecule has 0 saturated heterocycles. The quantitative estimate of drug-likeness (QED) is 0.739. The highest BCUT2D eigenvalue weighted by atomic mass is 28.3. The predicted octanol–water partition coefficient (Wildman–Crippen LogP) is 2.07. The minimum absolute atomic E-state index is 0.103. The van der Waals surface area contributed by atoms with Crippen molar-refractivity contribution in [1.82, 2.24) is 10.2 Å². The summed E-state index contributed by atoms with van der Waals surface area (Å²) in [5.41, 5.74) is 1.26. The highest BCUT2D eigenvalue weighted by molar-refractivity contribution is 6.49. The predicted molar refractivity (Wildman–Crippen MR) is 56.8 cm³/mol. The van der Waals surface area contributed by atoms with Crippen LogP contribution in [0.25, 0.3) is 0 Å². The summed E-state index contributed by atoms with van der Waals surface area (Å²) in [7, 11) is -1.05. The molecule has 0 amide bonds. The Morgan fingerprint density at radius 3 is 2.46 bits per heavy atom. The molecule has 0 atom stereocenters. The molecule has 1 rings (SSSR count). The molecule has 0 saturated carbocycles. The Balaban J connectivity index is 2.90. The van der Waals surface area contributed by atoms with E-state index in [0.29, 0.717) is 0 Å². The molecule has 13 heavy (non-hydrogen) atoms. The third kappa shape index (κ3) is 2.59. The number of H-pyrrole nitrogens is 1. The molecule has 0 spiro atoms. The standard InChI is InChI=1S/C9H18N2OSi/c1-9(2,3)7-6-10-11-8(7)12-13(4)5/h6,13H,1-5H3,(H,10,11). The molecule has 0 unspecified atom stereocenters. The third-order valence-corrected chi connectivity index (χ3v) is 2.46. The molecule has 0 bridgehead atoms. The first kappa shape index (κ1) is 10.3. The molecule has 0 radical (unpaired) electrons. The van der Waals surface area contributed by atoms with Crippen molar-refractivity contribution >= 4 is 9.04 Å². The monoisotopic (exact) mass is 198 g/mol. The molecule has 74 valence electrons. The third-order valence-electron chi connectivity index (χ3n) is 1.76. The lowest BCUT2D eigenvalue weighted by Gasteiger charge is -2.19. The van der Waals surface area contributed by atoms with Gasteiger partial charge >= 0.3 is 0 Å². The fourth-order valence-electron chi connectivity index (χ4n) is 1.13. The van der Waals surface area contributed by atoms with E-state index in [1.807, 2.05) is 6.20 Å². The number of nitrogens with zero attached hydrogens (tertiary/aromatic N) is 1. The Hall–Kier alpha value is -0.773. The van der Waals surface area contributed by atoms with Crippen molar-refractivity contribution in [2.45, 2.75) is 39.3 Å². The van der Waals surface area contributed by atoms with Gasteiger partial charge in [0.05, 0.1) is 0 Å². The maximum atomic E-state index is 5.71. The summed E-state index contributed by atoms with van der Waals surface area (Å²) in [5, 5.41) is 6.97. The molecule has 1 aromatic rings. The van der Waals surface area contributed by atoms with Gasteiger partial charge in [-0.2, -0.15) is 0 Å². The maximum absolute atomic E-state index is 5.71. The number of hydrogen-bond acceptors (Lipinski definition) is 2. The van der Waals surface area contributed by atoms with Crippen LogP contribution in [0.2, 0.25) is 13.1 Å². The van der Waals surface area contributed by atoms with Gasteiger partial charge in [0.25, 0.3) is 0 Å². The zero-order valence-electron chi connectivity index (χ0n) is 9.01. The maximum Gasteiger partial charge on any atom is 0.231 e. The number of aromatic nitrogens is 2. The van der Waals surface area contributed by atoms with E-state index in [1.54, 1.807) is 0 Å². The lowest BCUT2D eigenvalue weighted by atomic mass is 9.89. The fraction of sp³-hybridized carbons (Fsp3) is 0.667. The molecular formula is C9H18N2OSi. The number of nitrogens with one attached hydrogen (secondary N) is 1. The number of rotatable bonds is 2. The summed E-state index contributed by atoms with van der Waals surface area (Å²) < 4.78 is 5.71. The van der Waals surface area contributed by atoms with Crippen LogP contribution in [-0.4, -0.2) is 19.2 Å². The Morgan fingerprint density at radius 2 is 2.00 bits per heavy atom. The Kier molecular flexibility index (Phi) is 2.80. The van der Waals surface area contributed by atoms with E-state index in [1.165, 1.54) is 0 Å². The van der Waals surface area contributed by atoms with Crippen LogP contribution in [0.1, 0.15) is 26.3 Å². The van der Waals surface area contributed by atoms with Crippen LogP contribution in [0.15, 0.2) is 6.20 Å². The summed E-state index contributed by atoms with van der Waals surface area (Å²) >= 11 is 0. The van der Waals surface area contributed by atoms with Gasteiger partial charge in [0.15, 0.2) is 0 Å². The van der Waals surface area contributed by atoms with Crippen molar-refractivity contribution in [2.75, 3.05) is 0 Å². The lowest BCUT2D eigenvalue weighted by Crippen LogP contribution is -2.17. The average molecular weight is 198 g/mol. The Bertz CT molecular complexity index is 275. The molecule has 0 fully saturated rings. The number of aromatic amines is 1. The summed E-state index contributed by atoms with van der Waals surface area (Å²) in [5.74, 6) is 0.786. The van der Waals surface area contributed by atoms with Gasteiger partial charge in [-0.15, -0.1) is 5.10 Å². The molecule has 1 N–H and O–H groups in total. The molecule has 1 aromatic heterocycles. The molecular weight excluding hydrogens is 180 g/mol. The SMILES string of the molecule is C[SiH](C)Oc1n[nH]cc1C(C)(C)C. The topological polar surface area (TPSA) is 37.9 Å². The van der Waals surface area contributed by atoms with Gasteiger partial charge in [-0.1, -0.05) is 20.8 Å². The van der Waals surface area contributed by atoms with Crippen LogP contribution in [0.5, 0.6) is 5.88 Å². The minimum atomic E-state index is -1.05. The smallest absolute Gasteiger partial charge is 0.231 e. The summed E-state index contributed by atoms with van der Waals surface area (Å²) in [6.45, 7) is 10.8. The van der Waals surface area contributed by atoms with Gasteiger partial charge in [0.2, 0.25) is 14.9 Å². The van der Waals surface area contributed by atoms with Crippen molar-refractivity contribution in [1.29, 1.82) is 0 Å². The molecule has 0 aliphatic carbocycles. The van der Waals surface area contributed by atoms with Crippen LogP contribution in [0.4, 0.5) is 0 Å². The first-order chi connectivity index (χ1) is 5.91. The van der Waals surface area contributed by atoms with Crippen molar-refractivity contribution in [3.63, 3.8) is 0 Å². The van der Waals surface area contributed by atoms with Crippen LogP contribution in [0, 0.1) is 0 Å². The summed E-state index contributed by atoms with van der Waals surface area (Å²) in [6, 6.07) is 0. The first-order valence-electron chi connectivity index (χ1n) is 4.62. The normalized spacial score (nSPS) is 12.2. The van der Waals surface area contributed by atoms with Crippen LogP contribution < -0.4 is 4.43 Å². The largest absolute Gasteiger partial charge is 0.533 e. The lowest BCUT2D eigenvalue weighted by molar-refractivity contribution is 0.508. The molecule has 0 aliphatic rings. The van der Waals surface area contributed by atoms with E-state index in [9.17, 15) is 0 Å². The Morgan fingerprint density at radius 1 is 1.38 bits per heavy atom. The highest BCUT2D eigenvalue weighted by Gasteiger charge is 2.21. The van der Waals surface area contributed by atoms with E-state index in [2.05, 4.69) is 44.1 Å². The van der Waals surface area contributed by atoms with Gasteiger partial charge < -0.3 is 4.43 Å². The second kappa shape index (κ2) is 3.53. The number of hydrogen-bond donors (Lipinski definition) is 1. The van der Waals surface area contributed by atoms with Gasteiger partial charge in [-0.25, -0.2) is 0 Å². The van der Waals surface area contributed by atoms with Crippen LogP contribution >= 0.6 is 0 Å². The minimum Gasteiger partial charge on any atom is -0.533 e. The van der Waals surface area contributed by atoms with Crippen molar-refractivity contribution in [3.05, 3.63) is 11.8 Å². The molecule has 1 heterocycles.